The Balaban J connectivity index is 1.39. The number of carbonyl (C=O) groups excluding carboxylic acids is 1. The van der Waals surface area contributed by atoms with Gasteiger partial charge in [-0.3, -0.25) is 19.9 Å². The highest BCUT2D eigenvalue weighted by molar-refractivity contribution is 5.97. The number of hydrogen-bond donors (Lipinski definition) is 3. The lowest BCUT2D eigenvalue weighted by molar-refractivity contribution is -0.116. The molecule has 1 fully saturated rings. The van der Waals surface area contributed by atoms with Gasteiger partial charge in [0.15, 0.2) is 17.5 Å². The van der Waals surface area contributed by atoms with Crippen LogP contribution in [0.2, 0.25) is 0 Å². The second-order valence-corrected chi connectivity index (χ2v) is 10.1. The average molecular weight is 514 g/mol. The van der Waals surface area contributed by atoms with E-state index in [4.69, 9.17) is 4.98 Å². The Morgan fingerprint density at radius 3 is 2.76 bits per heavy atom. The summed E-state index contributed by atoms with van der Waals surface area (Å²) in [6.07, 6.45) is 10.2. The minimum atomic E-state index is -0.548. The normalized spacial score (nSPS) is 14.1. The van der Waals surface area contributed by atoms with Gasteiger partial charge in [0.05, 0.1) is 34.5 Å². The molecule has 10 nitrogen and oxygen atoms in total. The Kier molecular flexibility index (Phi) is 6.18. The molecule has 0 bridgehead atoms. The first kappa shape index (κ1) is 24.0. The number of hydrogen-bond acceptors (Lipinski definition) is 7. The van der Waals surface area contributed by atoms with E-state index in [9.17, 15) is 4.79 Å². The number of fused-ring (bicyclic) bond motifs is 2. The predicted molar refractivity (Wildman–Crippen MR) is 144 cm³/mol. The molecule has 6 heterocycles. The fraction of sp³-hybridized carbons (Fsp3) is 0.333. The number of pyridine rings is 3. The van der Waals surface area contributed by atoms with Crippen LogP contribution in [0.15, 0.2) is 36.9 Å². The van der Waals surface area contributed by atoms with E-state index in [0.29, 0.717) is 34.7 Å². The minimum Gasteiger partial charge on any atom is -0.355 e. The average Bonchev–Trinajstić information content (AvgIpc) is 3.54. The minimum absolute atomic E-state index is 0.111. The third kappa shape index (κ3) is 4.44. The van der Waals surface area contributed by atoms with Crippen molar-refractivity contribution in [3.63, 3.8) is 0 Å². The summed E-state index contributed by atoms with van der Waals surface area (Å²) in [5.74, 6) is 0.824. The Bertz CT molecular complexity index is 1630. The highest BCUT2D eigenvalue weighted by Crippen LogP contribution is 2.34. The maximum absolute atomic E-state index is 16.0. The number of carbonyl (C=O) groups is 1. The molecule has 1 aliphatic heterocycles. The molecule has 5 aromatic heterocycles. The molecule has 0 radical (unpaired) electrons. The molecule has 11 heteroatoms. The predicted octanol–water partition coefficient (Wildman–Crippen LogP) is 5.07. The van der Waals surface area contributed by atoms with Crippen LogP contribution in [0.1, 0.15) is 39.5 Å². The molecular formula is C27H28FN9O. The van der Waals surface area contributed by atoms with Crippen LogP contribution in [0.25, 0.3) is 44.7 Å². The number of imidazole rings is 1. The van der Waals surface area contributed by atoms with Gasteiger partial charge in [0, 0.05) is 37.5 Å². The Morgan fingerprint density at radius 1 is 1.11 bits per heavy atom. The Hall–Kier alpha value is -4.41. The molecule has 3 N–H and O–H groups in total. The molecule has 1 aliphatic rings. The van der Waals surface area contributed by atoms with E-state index < -0.39 is 5.82 Å². The molecular weight excluding hydrogens is 485 g/mol. The topological polar surface area (TPSA) is 128 Å². The zero-order valence-corrected chi connectivity index (χ0v) is 21.3. The fourth-order valence-electron chi connectivity index (χ4n) is 4.94. The summed E-state index contributed by atoms with van der Waals surface area (Å²) in [6.45, 7) is 5.82. The van der Waals surface area contributed by atoms with Crippen molar-refractivity contribution in [1.82, 2.24) is 35.1 Å². The van der Waals surface area contributed by atoms with Crippen molar-refractivity contribution in [2.24, 2.45) is 5.92 Å². The van der Waals surface area contributed by atoms with Crippen molar-refractivity contribution in [1.29, 1.82) is 0 Å². The van der Waals surface area contributed by atoms with E-state index in [1.807, 2.05) is 19.9 Å². The number of nitrogens with zero attached hydrogens (tertiary/aromatic N) is 6. The van der Waals surface area contributed by atoms with Gasteiger partial charge in [-0.25, -0.2) is 14.4 Å². The molecule has 0 spiro atoms. The number of aromatic nitrogens is 7. The van der Waals surface area contributed by atoms with E-state index in [0.717, 1.165) is 42.8 Å². The van der Waals surface area contributed by atoms with Crippen molar-refractivity contribution >= 4 is 39.3 Å². The number of halogens is 1. The lowest BCUT2D eigenvalue weighted by Gasteiger charge is -2.27. The number of anilines is 2. The molecule has 38 heavy (non-hydrogen) atoms. The number of nitrogens with one attached hydrogen (secondary N) is 3. The molecule has 0 aromatic carbocycles. The zero-order chi connectivity index (χ0) is 26.2. The van der Waals surface area contributed by atoms with Crippen molar-refractivity contribution in [3.05, 3.63) is 42.7 Å². The van der Waals surface area contributed by atoms with Crippen LogP contribution < -0.4 is 10.2 Å². The van der Waals surface area contributed by atoms with E-state index in [-0.39, 0.29) is 22.9 Å². The first-order valence-electron chi connectivity index (χ1n) is 12.9. The van der Waals surface area contributed by atoms with Gasteiger partial charge in [0.25, 0.3) is 0 Å². The highest BCUT2D eigenvalue weighted by Gasteiger charge is 2.23. The number of H-pyrrole nitrogens is 2. The number of rotatable bonds is 6. The molecule has 6 rings (SSSR count). The van der Waals surface area contributed by atoms with Crippen molar-refractivity contribution in [2.75, 3.05) is 23.3 Å². The van der Waals surface area contributed by atoms with Crippen LogP contribution in [0.3, 0.4) is 0 Å². The van der Waals surface area contributed by atoms with Crippen molar-refractivity contribution in [2.45, 2.75) is 39.5 Å². The van der Waals surface area contributed by atoms with E-state index in [1.54, 1.807) is 12.3 Å². The Morgan fingerprint density at radius 2 is 1.95 bits per heavy atom. The number of piperidine rings is 1. The molecule has 0 aliphatic carbocycles. The van der Waals surface area contributed by atoms with Crippen LogP contribution in [-0.2, 0) is 4.79 Å². The van der Waals surface area contributed by atoms with Gasteiger partial charge in [-0.05, 0) is 37.3 Å². The summed E-state index contributed by atoms with van der Waals surface area (Å²) >= 11 is 0. The number of amides is 1. The van der Waals surface area contributed by atoms with Gasteiger partial charge in [0.2, 0.25) is 5.91 Å². The highest BCUT2D eigenvalue weighted by atomic mass is 19.1. The standard InChI is InChI=1S/C27H28FN9O/c1-15(2)10-20(38)32-17-11-16(12-29-13-17)23-22(28)21-19(14-31-23)35-36-25(21)26-33-18-6-7-30-27(24(18)34-26)37-8-4-3-5-9-37/h6-7,11-15H,3-5,8-10H2,1-2H3,(H,32,38)(H,33,34)(H,35,36). The number of aromatic amines is 2. The molecule has 0 atom stereocenters. The first-order valence-corrected chi connectivity index (χ1v) is 12.9. The van der Waals surface area contributed by atoms with Crippen LogP contribution in [0.5, 0.6) is 0 Å². The second-order valence-electron chi connectivity index (χ2n) is 10.1. The molecule has 5 aromatic rings. The van der Waals surface area contributed by atoms with Crippen molar-refractivity contribution in [3.8, 4) is 22.8 Å². The van der Waals surface area contributed by atoms with Gasteiger partial charge < -0.3 is 15.2 Å². The smallest absolute Gasteiger partial charge is 0.224 e. The second kappa shape index (κ2) is 9.81. The lowest BCUT2D eigenvalue weighted by Crippen LogP contribution is -2.30. The third-order valence-electron chi connectivity index (χ3n) is 6.70. The van der Waals surface area contributed by atoms with Crippen LogP contribution in [-0.4, -0.2) is 54.1 Å². The maximum Gasteiger partial charge on any atom is 0.224 e. The lowest BCUT2D eigenvalue weighted by atomic mass is 10.1. The van der Waals surface area contributed by atoms with Gasteiger partial charge in [0.1, 0.15) is 16.9 Å². The summed E-state index contributed by atoms with van der Waals surface area (Å²) in [5.41, 5.74) is 3.40. The summed E-state index contributed by atoms with van der Waals surface area (Å²) in [4.78, 5) is 35.7. The summed E-state index contributed by atoms with van der Waals surface area (Å²) in [6, 6.07) is 3.53. The SMILES string of the molecule is CC(C)CC(=O)Nc1cncc(-c2ncc3[nH]nc(-c4nc5c(N6CCCCC6)nccc5[nH]4)c3c2F)c1. The summed E-state index contributed by atoms with van der Waals surface area (Å²) in [7, 11) is 0. The fourth-order valence-corrected chi connectivity index (χ4v) is 4.94. The van der Waals surface area contributed by atoms with Gasteiger partial charge in [-0.15, -0.1) is 0 Å². The summed E-state index contributed by atoms with van der Waals surface area (Å²) in [5, 5.41) is 10.3. The van der Waals surface area contributed by atoms with E-state index in [1.165, 1.54) is 25.0 Å². The largest absolute Gasteiger partial charge is 0.355 e. The van der Waals surface area contributed by atoms with E-state index >= 15 is 4.39 Å². The molecule has 194 valence electrons. The third-order valence-corrected chi connectivity index (χ3v) is 6.70. The van der Waals surface area contributed by atoms with Gasteiger partial charge >= 0.3 is 0 Å². The monoisotopic (exact) mass is 513 g/mol. The molecule has 0 unspecified atom stereocenters. The maximum atomic E-state index is 16.0. The quantitative estimate of drug-likeness (QED) is 0.289. The van der Waals surface area contributed by atoms with Crippen LogP contribution in [0.4, 0.5) is 15.9 Å². The first-order chi connectivity index (χ1) is 18.5. The van der Waals surface area contributed by atoms with Crippen LogP contribution >= 0.6 is 0 Å². The molecule has 1 amide bonds. The van der Waals surface area contributed by atoms with Crippen molar-refractivity contribution < 1.29 is 9.18 Å². The van der Waals surface area contributed by atoms with Crippen LogP contribution in [0, 0.1) is 11.7 Å². The van der Waals surface area contributed by atoms with Gasteiger partial charge in [-0.2, -0.15) is 5.10 Å². The Labute approximate surface area is 218 Å². The zero-order valence-electron chi connectivity index (χ0n) is 21.3. The molecule has 0 saturated carbocycles. The molecule has 1 saturated heterocycles. The summed E-state index contributed by atoms with van der Waals surface area (Å²) < 4.78 is 16.0. The van der Waals surface area contributed by atoms with E-state index in [2.05, 4.69) is 40.3 Å². The van der Waals surface area contributed by atoms with Gasteiger partial charge in [-0.1, -0.05) is 13.8 Å².